The van der Waals surface area contributed by atoms with E-state index in [1.165, 1.54) is 19.1 Å². The van der Waals surface area contributed by atoms with Crippen molar-refractivity contribution < 1.29 is 36.9 Å². The lowest BCUT2D eigenvalue weighted by Crippen LogP contribution is -2.18. The number of ketones is 1. The Balaban J connectivity index is 1.55. The number of carbonyl (C=O) groups is 1. The molecule has 3 aromatic carbocycles. The highest BCUT2D eigenvalue weighted by Gasteiger charge is 2.33. The van der Waals surface area contributed by atoms with E-state index in [4.69, 9.17) is 18.9 Å². The van der Waals surface area contributed by atoms with Gasteiger partial charge in [0.1, 0.15) is 17.3 Å². The van der Waals surface area contributed by atoms with Gasteiger partial charge in [-0.15, -0.1) is 0 Å². The van der Waals surface area contributed by atoms with Gasteiger partial charge in [0.2, 0.25) is 6.79 Å². The minimum atomic E-state index is -4.42. The van der Waals surface area contributed by atoms with E-state index >= 15 is 0 Å². The number of rotatable bonds is 5. The van der Waals surface area contributed by atoms with Crippen molar-refractivity contribution in [1.82, 2.24) is 0 Å². The zero-order chi connectivity index (χ0) is 25.4. The third-order valence-corrected chi connectivity index (χ3v) is 6.44. The molecule has 0 spiro atoms. The Morgan fingerprint density at radius 2 is 1.64 bits per heavy atom. The molecule has 5 rings (SSSR count). The minimum absolute atomic E-state index is 0.112. The van der Waals surface area contributed by atoms with Crippen molar-refractivity contribution in [3.05, 3.63) is 94.2 Å². The molecule has 0 saturated carbocycles. The lowest BCUT2D eigenvalue weighted by molar-refractivity contribution is -0.137. The smallest absolute Gasteiger partial charge is 0.416 e. The predicted octanol–water partition coefficient (Wildman–Crippen LogP) is 6.44. The molecule has 2 aliphatic heterocycles. The van der Waals surface area contributed by atoms with Crippen molar-refractivity contribution >= 4 is 5.78 Å². The van der Waals surface area contributed by atoms with E-state index in [1.807, 2.05) is 30.3 Å². The zero-order valence-corrected chi connectivity index (χ0v) is 19.6. The molecule has 0 radical (unpaired) electrons. The first-order chi connectivity index (χ1) is 17.2. The first-order valence-corrected chi connectivity index (χ1v) is 11.4. The summed E-state index contributed by atoms with van der Waals surface area (Å²) < 4.78 is 61.6. The van der Waals surface area contributed by atoms with Gasteiger partial charge in [-0.25, -0.2) is 0 Å². The summed E-state index contributed by atoms with van der Waals surface area (Å²) in [5.74, 6) is 2.57. The van der Waals surface area contributed by atoms with Crippen LogP contribution in [-0.4, -0.2) is 19.7 Å². The Morgan fingerprint density at radius 3 is 2.25 bits per heavy atom. The molecule has 0 unspecified atom stereocenters. The number of benzene rings is 3. The van der Waals surface area contributed by atoms with Crippen molar-refractivity contribution in [2.75, 3.05) is 13.9 Å². The number of ether oxygens (including phenoxy) is 4. The lowest BCUT2D eigenvalue weighted by Gasteiger charge is -2.30. The maximum atomic E-state index is 13.0. The predicted molar refractivity (Wildman–Crippen MR) is 126 cm³/mol. The van der Waals surface area contributed by atoms with E-state index in [0.29, 0.717) is 40.6 Å². The maximum Gasteiger partial charge on any atom is 0.416 e. The van der Waals surface area contributed by atoms with Crippen molar-refractivity contribution in [3.8, 4) is 23.0 Å². The summed E-state index contributed by atoms with van der Waals surface area (Å²) in [6.07, 6.45) is -3.87. The van der Waals surface area contributed by atoms with Crippen LogP contribution in [-0.2, 0) is 17.4 Å². The van der Waals surface area contributed by atoms with Gasteiger partial charge in [-0.3, -0.25) is 4.79 Å². The highest BCUT2D eigenvalue weighted by Crippen LogP contribution is 2.48. The Labute approximate surface area is 206 Å². The van der Waals surface area contributed by atoms with Crippen molar-refractivity contribution in [2.24, 2.45) is 0 Å². The van der Waals surface area contributed by atoms with Crippen LogP contribution in [0.4, 0.5) is 13.2 Å². The molecule has 8 heteroatoms. The number of carbonyl (C=O) groups excluding carboxylic acids is 1. The normalized spacial score (nSPS) is 17.8. The minimum Gasteiger partial charge on any atom is -0.497 e. The molecular formula is C28H23F3O5. The van der Waals surface area contributed by atoms with Crippen LogP contribution in [0, 0.1) is 0 Å². The molecule has 0 saturated heterocycles. The maximum absolute atomic E-state index is 13.0. The first kappa shape index (κ1) is 23.8. The standard InChI is InChI=1S/C28H23F3O5/c1-16(32)21(11-17-3-7-19(8-4-17)28(29,30)31)24-12-22(18-5-9-20(33-2)10-6-18)23-13-26-27(35-15-34-26)14-25(23)36-24/h3-10,13-14,22H,11-12,15H2,1-2H3/b24-21-/t22-/m0/s1. The number of halogens is 3. The Kier molecular flexibility index (Phi) is 6.12. The fourth-order valence-corrected chi connectivity index (χ4v) is 4.52. The van der Waals surface area contributed by atoms with E-state index in [0.717, 1.165) is 29.0 Å². The molecule has 0 N–H and O–H groups in total. The second kappa shape index (κ2) is 9.26. The average Bonchev–Trinajstić information content (AvgIpc) is 3.32. The van der Waals surface area contributed by atoms with E-state index in [2.05, 4.69) is 0 Å². The van der Waals surface area contributed by atoms with Gasteiger partial charge in [0.25, 0.3) is 0 Å². The second-order valence-electron chi connectivity index (χ2n) is 8.70. The van der Waals surface area contributed by atoms with Crippen molar-refractivity contribution in [3.63, 3.8) is 0 Å². The number of allylic oxidation sites excluding steroid dienone is 2. The number of methoxy groups -OCH3 is 1. The van der Waals surface area contributed by atoms with Crippen LogP contribution in [0.25, 0.3) is 0 Å². The fourth-order valence-electron chi connectivity index (χ4n) is 4.52. The molecule has 2 heterocycles. The number of Topliss-reactive ketones (excluding diaryl/α,β-unsaturated/α-hetero) is 1. The number of fused-ring (bicyclic) bond motifs is 2. The molecule has 0 bridgehead atoms. The highest BCUT2D eigenvalue weighted by molar-refractivity contribution is 5.94. The molecule has 0 amide bonds. The molecule has 2 aliphatic rings. The summed E-state index contributed by atoms with van der Waals surface area (Å²) in [7, 11) is 1.60. The summed E-state index contributed by atoms with van der Waals surface area (Å²) in [5.41, 5.74) is 2.15. The van der Waals surface area contributed by atoms with Gasteiger partial charge in [0, 0.05) is 36.0 Å². The molecule has 5 nitrogen and oxygen atoms in total. The molecular weight excluding hydrogens is 473 g/mol. The van der Waals surface area contributed by atoms with Crippen molar-refractivity contribution in [1.29, 1.82) is 0 Å². The SMILES string of the molecule is COc1ccc([C@@H]2C/C(=C(\Cc3ccc(C(F)(F)F)cc3)C(C)=O)Oc3cc4c(cc32)OCO4)cc1. The molecule has 0 aliphatic carbocycles. The summed E-state index contributed by atoms with van der Waals surface area (Å²) in [6, 6.07) is 16.1. The molecule has 3 aromatic rings. The van der Waals surface area contributed by atoms with E-state index < -0.39 is 11.7 Å². The molecule has 36 heavy (non-hydrogen) atoms. The van der Waals surface area contributed by atoms with Crippen LogP contribution in [0.1, 0.15) is 41.5 Å². The largest absolute Gasteiger partial charge is 0.497 e. The summed E-state index contributed by atoms with van der Waals surface area (Å²) in [5, 5.41) is 0. The van der Waals surface area contributed by atoms with Gasteiger partial charge in [-0.05, 0) is 48.4 Å². The van der Waals surface area contributed by atoms with Gasteiger partial charge in [-0.1, -0.05) is 24.3 Å². The summed E-state index contributed by atoms with van der Waals surface area (Å²) in [4.78, 5) is 12.7. The van der Waals surface area contributed by atoms with E-state index in [-0.39, 0.29) is 24.9 Å². The second-order valence-corrected chi connectivity index (χ2v) is 8.70. The zero-order valence-electron chi connectivity index (χ0n) is 19.6. The van der Waals surface area contributed by atoms with Crippen LogP contribution in [0.3, 0.4) is 0 Å². The van der Waals surface area contributed by atoms with Crippen LogP contribution >= 0.6 is 0 Å². The van der Waals surface area contributed by atoms with E-state index in [9.17, 15) is 18.0 Å². The van der Waals surface area contributed by atoms with Gasteiger partial charge < -0.3 is 18.9 Å². The summed E-state index contributed by atoms with van der Waals surface area (Å²) >= 11 is 0. The van der Waals surface area contributed by atoms with Gasteiger partial charge in [0.15, 0.2) is 17.3 Å². The number of hydrogen-bond donors (Lipinski definition) is 0. The third kappa shape index (κ3) is 4.63. The van der Waals surface area contributed by atoms with Crippen LogP contribution in [0.2, 0.25) is 0 Å². The summed E-state index contributed by atoms with van der Waals surface area (Å²) in [6.45, 7) is 1.55. The number of hydrogen-bond acceptors (Lipinski definition) is 5. The molecule has 0 fully saturated rings. The fraction of sp³-hybridized carbons (Fsp3) is 0.250. The Bertz CT molecular complexity index is 1330. The monoisotopic (exact) mass is 496 g/mol. The van der Waals surface area contributed by atoms with Gasteiger partial charge >= 0.3 is 6.18 Å². The van der Waals surface area contributed by atoms with Crippen LogP contribution < -0.4 is 18.9 Å². The average molecular weight is 496 g/mol. The topological polar surface area (TPSA) is 54.0 Å². The van der Waals surface area contributed by atoms with Crippen LogP contribution in [0.15, 0.2) is 72.0 Å². The molecule has 0 aromatic heterocycles. The van der Waals surface area contributed by atoms with Gasteiger partial charge in [0.05, 0.1) is 12.7 Å². The molecule has 1 atom stereocenters. The Hall–Kier alpha value is -3.94. The third-order valence-electron chi connectivity index (χ3n) is 6.44. The quantitative estimate of drug-likeness (QED) is 0.381. The first-order valence-electron chi connectivity index (χ1n) is 11.4. The molecule has 186 valence electrons. The highest BCUT2D eigenvalue weighted by atomic mass is 19.4. The van der Waals surface area contributed by atoms with Crippen molar-refractivity contribution in [2.45, 2.75) is 31.9 Å². The number of alkyl halides is 3. The Morgan fingerprint density at radius 1 is 0.972 bits per heavy atom. The van der Waals surface area contributed by atoms with Gasteiger partial charge in [-0.2, -0.15) is 13.2 Å². The lowest BCUT2D eigenvalue weighted by atomic mass is 9.83. The van der Waals surface area contributed by atoms with Crippen LogP contribution in [0.5, 0.6) is 23.0 Å². The van der Waals surface area contributed by atoms with E-state index in [1.54, 1.807) is 13.2 Å².